The first-order valence-electron chi connectivity index (χ1n) is 5.92. The normalized spacial score (nSPS) is 10.8. The molecule has 0 aliphatic carbocycles. The summed E-state index contributed by atoms with van der Waals surface area (Å²) >= 11 is 6.07. The second-order valence-corrected chi connectivity index (χ2v) is 4.50. The monoisotopic (exact) mass is 271 g/mol. The van der Waals surface area contributed by atoms with E-state index in [4.69, 9.17) is 21.8 Å². The zero-order chi connectivity index (χ0) is 13.4. The molecule has 0 bridgehead atoms. The van der Waals surface area contributed by atoms with E-state index in [0.29, 0.717) is 31.1 Å². The summed E-state index contributed by atoms with van der Waals surface area (Å²) in [5, 5.41) is 18.2. The van der Waals surface area contributed by atoms with Gasteiger partial charge in [-0.1, -0.05) is 29.8 Å². The minimum Gasteiger partial charge on any atom is -0.481 e. The van der Waals surface area contributed by atoms with Gasteiger partial charge >= 0.3 is 5.97 Å². The van der Waals surface area contributed by atoms with Crippen molar-refractivity contribution in [2.24, 2.45) is 0 Å². The van der Waals surface area contributed by atoms with Crippen LogP contribution in [0.3, 0.4) is 0 Å². The Morgan fingerprint density at radius 2 is 2.00 bits per heavy atom. The number of carboxylic acid groups (broad SMARTS) is 1. The molecule has 0 spiro atoms. The molecule has 0 amide bonds. The van der Waals surface area contributed by atoms with Crippen LogP contribution in [0, 0.1) is 0 Å². The summed E-state index contributed by atoms with van der Waals surface area (Å²) in [6.07, 6.45) is 0.722. The highest BCUT2D eigenvalue weighted by molar-refractivity contribution is 6.31. The average molecular weight is 272 g/mol. The number of aliphatic carboxylic acids is 1. The molecule has 18 heavy (non-hydrogen) atoms. The van der Waals surface area contributed by atoms with Crippen LogP contribution in [0.1, 0.15) is 18.4 Å². The van der Waals surface area contributed by atoms with E-state index in [1.165, 1.54) is 0 Å². The number of aliphatic hydroxyl groups is 1. The van der Waals surface area contributed by atoms with E-state index in [9.17, 15) is 4.79 Å². The highest BCUT2D eigenvalue weighted by Gasteiger charge is 2.09. The third-order valence-electron chi connectivity index (χ3n) is 2.63. The molecule has 100 valence electrons. The summed E-state index contributed by atoms with van der Waals surface area (Å²) in [4.78, 5) is 12.6. The lowest BCUT2D eigenvalue weighted by molar-refractivity contribution is -0.137. The van der Waals surface area contributed by atoms with E-state index >= 15 is 0 Å². The van der Waals surface area contributed by atoms with Crippen molar-refractivity contribution >= 4 is 17.6 Å². The predicted molar refractivity (Wildman–Crippen MR) is 70.7 cm³/mol. The number of carboxylic acids is 1. The van der Waals surface area contributed by atoms with E-state index in [-0.39, 0.29) is 13.0 Å². The lowest BCUT2D eigenvalue weighted by Gasteiger charge is -2.21. The Balaban J connectivity index is 2.59. The Morgan fingerprint density at radius 3 is 2.61 bits per heavy atom. The summed E-state index contributed by atoms with van der Waals surface area (Å²) in [5.41, 5.74) is 0.975. The zero-order valence-corrected chi connectivity index (χ0v) is 10.9. The number of nitrogens with zero attached hydrogens (tertiary/aromatic N) is 1. The van der Waals surface area contributed by atoms with Gasteiger partial charge in [-0.05, 0) is 18.1 Å². The zero-order valence-electron chi connectivity index (χ0n) is 10.2. The van der Waals surface area contributed by atoms with Crippen molar-refractivity contribution in [3.8, 4) is 0 Å². The van der Waals surface area contributed by atoms with Crippen LogP contribution in [-0.2, 0) is 11.3 Å². The van der Waals surface area contributed by atoms with Gasteiger partial charge in [0.1, 0.15) is 0 Å². The Labute approximate surface area is 112 Å². The highest BCUT2D eigenvalue weighted by Crippen LogP contribution is 2.17. The molecule has 0 saturated carbocycles. The lowest BCUT2D eigenvalue weighted by Crippen LogP contribution is -2.27. The maximum absolute atomic E-state index is 10.6. The predicted octanol–water partition coefficient (Wildman–Crippen LogP) is 2.00. The van der Waals surface area contributed by atoms with Crippen LogP contribution in [0.25, 0.3) is 0 Å². The summed E-state index contributed by atoms with van der Waals surface area (Å²) < 4.78 is 0. The summed E-state index contributed by atoms with van der Waals surface area (Å²) in [5.74, 6) is -0.817. The van der Waals surface area contributed by atoms with E-state index in [1.54, 1.807) is 0 Å². The van der Waals surface area contributed by atoms with Crippen molar-refractivity contribution < 1.29 is 15.0 Å². The third-order valence-corrected chi connectivity index (χ3v) is 2.99. The maximum atomic E-state index is 10.6. The molecule has 5 heteroatoms. The van der Waals surface area contributed by atoms with Gasteiger partial charge < -0.3 is 10.2 Å². The van der Waals surface area contributed by atoms with Gasteiger partial charge in [-0.15, -0.1) is 0 Å². The first-order valence-corrected chi connectivity index (χ1v) is 6.29. The van der Waals surface area contributed by atoms with E-state index in [2.05, 4.69) is 0 Å². The first kappa shape index (κ1) is 15.0. The Hall–Kier alpha value is -1.10. The van der Waals surface area contributed by atoms with E-state index < -0.39 is 5.97 Å². The van der Waals surface area contributed by atoms with Crippen LogP contribution >= 0.6 is 11.6 Å². The second-order valence-electron chi connectivity index (χ2n) is 4.09. The van der Waals surface area contributed by atoms with Crippen LogP contribution in [0.4, 0.5) is 0 Å². The van der Waals surface area contributed by atoms with Gasteiger partial charge in [-0.2, -0.15) is 0 Å². The van der Waals surface area contributed by atoms with E-state index in [0.717, 1.165) is 5.56 Å². The van der Waals surface area contributed by atoms with Crippen molar-refractivity contribution in [1.29, 1.82) is 0 Å². The highest BCUT2D eigenvalue weighted by atomic mass is 35.5. The molecule has 0 aliphatic heterocycles. The van der Waals surface area contributed by atoms with Crippen molar-refractivity contribution in [1.82, 2.24) is 4.90 Å². The number of hydrogen-bond donors (Lipinski definition) is 2. The minimum atomic E-state index is -0.817. The van der Waals surface area contributed by atoms with Gasteiger partial charge in [0.2, 0.25) is 0 Å². The van der Waals surface area contributed by atoms with Gasteiger partial charge in [-0.25, -0.2) is 0 Å². The number of halogens is 1. The largest absolute Gasteiger partial charge is 0.481 e. The number of rotatable bonds is 8. The van der Waals surface area contributed by atoms with E-state index in [1.807, 2.05) is 29.2 Å². The fraction of sp³-hybridized carbons (Fsp3) is 0.462. The molecule has 1 aromatic rings. The second kappa shape index (κ2) is 8.08. The van der Waals surface area contributed by atoms with Crippen LogP contribution in [0.5, 0.6) is 0 Å². The van der Waals surface area contributed by atoms with Crippen LogP contribution < -0.4 is 0 Å². The molecule has 0 heterocycles. The number of benzene rings is 1. The average Bonchev–Trinajstić information content (AvgIpc) is 2.35. The maximum Gasteiger partial charge on any atom is 0.304 e. The molecule has 1 aromatic carbocycles. The summed E-state index contributed by atoms with van der Waals surface area (Å²) in [6.45, 7) is 1.83. The lowest BCUT2D eigenvalue weighted by atomic mass is 10.2. The molecular formula is C13H18ClNO3. The van der Waals surface area contributed by atoms with Gasteiger partial charge in [0, 0.05) is 31.3 Å². The van der Waals surface area contributed by atoms with Gasteiger partial charge in [-0.3, -0.25) is 9.69 Å². The summed E-state index contributed by atoms with van der Waals surface area (Å²) in [7, 11) is 0. The standard InChI is InChI=1S/C13H18ClNO3/c14-12-5-2-1-4-11(12)10-15(7-3-9-16)8-6-13(17)18/h1-2,4-5,16H,3,6-10H2,(H,17,18). The van der Waals surface area contributed by atoms with Crippen molar-refractivity contribution in [3.63, 3.8) is 0 Å². The molecular weight excluding hydrogens is 254 g/mol. The van der Waals surface area contributed by atoms with Crippen LogP contribution in [0.15, 0.2) is 24.3 Å². The van der Waals surface area contributed by atoms with Crippen LogP contribution in [0.2, 0.25) is 5.02 Å². The van der Waals surface area contributed by atoms with Crippen LogP contribution in [-0.4, -0.2) is 40.8 Å². The number of aliphatic hydroxyl groups excluding tert-OH is 1. The number of carbonyl (C=O) groups is 1. The molecule has 0 fully saturated rings. The fourth-order valence-electron chi connectivity index (χ4n) is 1.69. The number of hydrogen-bond acceptors (Lipinski definition) is 3. The van der Waals surface area contributed by atoms with Gasteiger partial charge in [0.05, 0.1) is 6.42 Å². The first-order chi connectivity index (χ1) is 8.63. The smallest absolute Gasteiger partial charge is 0.304 e. The third kappa shape index (κ3) is 5.49. The minimum absolute atomic E-state index is 0.0931. The Morgan fingerprint density at radius 1 is 1.28 bits per heavy atom. The fourth-order valence-corrected chi connectivity index (χ4v) is 1.88. The van der Waals surface area contributed by atoms with Crippen molar-refractivity contribution in [3.05, 3.63) is 34.9 Å². The molecule has 0 unspecified atom stereocenters. The van der Waals surface area contributed by atoms with Gasteiger partial charge in [0.15, 0.2) is 0 Å². The SMILES string of the molecule is O=C(O)CCN(CCCO)Cc1ccccc1Cl. The molecule has 0 saturated heterocycles. The molecule has 2 N–H and O–H groups in total. The molecule has 0 aromatic heterocycles. The quantitative estimate of drug-likeness (QED) is 0.759. The summed E-state index contributed by atoms with van der Waals surface area (Å²) in [6, 6.07) is 7.51. The molecule has 0 atom stereocenters. The Kier molecular flexibility index (Phi) is 6.72. The molecule has 1 rings (SSSR count). The molecule has 0 aliphatic rings. The van der Waals surface area contributed by atoms with Crippen molar-refractivity contribution in [2.75, 3.05) is 19.7 Å². The topological polar surface area (TPSA) is 60.8 Å². The molecule has 4 nitrogen and oxygen atoms in total. The van der Waals surface area contributed by atoms with Gasteiger partial charge in [0.25, 0.3) is 0 Å². The Bertz CT molecular complexity index is 384. The van der Waals surface area contributed by atoms with Crippen molar-refractivity contribution in [2.45, 2.75) is 19.4 Å². The molecule has 0 radical (unpaired) electrons.